The second kappa shape index (κ2) is 7.31. The van der Waals surface area contributed by atoms with E-state index >= 15 is 0 Å². The number of nitrogens with zero attached hydrogens (tertiary/aromatic N) is 5. The van der Waals surface area contributed by atoms with E-state index in [1.54, 1.807) is 26.0 Å². The molecule has 1 aromatic heterocycles. The van der Waals surface area contributed by atoms with E-state index in [-0.39, 0.29) is 6.03 Å². The highest BCUT2D eigenvalue weighted by Gasteiger charge is 2.07. The molecular weight excluding hydrogens is 260 g/mol. The van der Waals surface area contributed by atoms with Crippen molar-refractivity contribution >= 4 is 23.9 Å². The molecule has 20 heavy (non-hydrogen) atoms. The number of hydrogen-bond acceptors (Lipinski definition) is 7. The first-order valence-electron chi connectivity index (χ1n) is 6.24. The van der Waals surface area contributed by atoms with Gasteiger partial charge in [0.25, 0.3) is 0 Å². The number of carbonyl (C=O) groups excluding carboxylic acids is 1. The number of anilines is 3. The highest BCUT2D eigenvalue weighted by molar-refractivity contribution is 5.73. The van der Waals surface area contributed by atoms with Crippen molar-refractivity contribution in [3.05, 3.63) is 0 Å². The summed E-state index contributed by atoms with van der Waals surface area (Å²) in [6.07, 6.45) is 0. The maximum absolute atomic E-state index is 11.3. The van der Waals surface area contributed by atoms with Crippen LogP contribution in [0.1, 0.15) is 0 Å². The molecule has 0 saturated carbocycles. The van der Waals surface area contributed by atoms with Crippen molar-refractivity contribution in [3.8, 4) is 0 Å². The molecule has 112 valence electrons. The molecule has 0 aliphatic carbocycles. The van der Waals surface area contributed by atoms with Gasteiger partial charge in [0.05, 0.1) is 0 Å². The van der Waals surface area contributed by atoms with Gasteiger partial charge >= 0.3 is 6.03 Å². The molecule has 1 heterocycles. The molecule has 0 radical (unpaired) electrons. The Labute approximate surface area is 118 Å². The molecule has 0 unspecified atom stereocenters. The van der Waals surface area contributed by atoms with Crippen molar-refractivity contribution in [1.29, 1.82) is 0 Å². The first-order valence-corrected chi connectivity index (χ1v) is 6.24. The molecule has 0 atom stereocenters. The molecule has 2 amide bonds. The number of aromatic nitrogens is 3. The second-order valence-corrected chi connectivity index (χ2v) is 4.48. The van der Waals surface area contributed by atoms with E-state index in [1.165, 1.54) is 4.90 Å². The van der Waals surface area contributed by atoms with Crippen molar-refractivity contribution in [2.45, 2.75) is 0 Å². The van der Waals surface area contributed by atoms with Gasteiger partial charge in [-0.15, -0.1) is 0 Å². The van der Waals surface area contributed by atoms with E-state index < -0.39 is 0 Å². The van der Waals surface area contributed by atoms with Gasteiger partial charge in [-0.05, 0) is 0 Å². The first kappa shape index (κ1) is 15.7. The fourth-order valence-electron chi connectivity index (χ4n) is 1.26. The van der Waals surface area contributed by atoms with E-state index in [9.17, 15) is 4.79 Å². The summed E-state index contributed by atoms with van der Waals surface area (Å²) in [4.78, 5) is 27.3. The molecule has 0 fully saturated rings. The zero-order valence-corrected chi connectivity index (χ0v) is 12.6. The van der Waals surface area contributed by atoms with E-state index in [0.717, 1.165) is 0 Å². The maximum Gasteiger partial charge on any atom is 0.316 e. The first-order chi connectivity index (χ1) is 9.43. The Morgan fingerprint density at radius 1 is 1.05 bits per heavy atom. The second-order valence-electron chi connectivity index (χ2n) is 4.48. The largest absolute Gasteiger partial charge is 0.357 e. The summed E-state index contributed by atoms with van der Waals surface area (Å²) in [5.74, 6) is 1.51. The summed E-state index contributed by atoms with van der Waals surface area (Å²) in [7, 11) is 8.84. The van der Waals surface area contributed by atoms with Crippen LogP contribution in [-0.4, -0.2) is 74.2 Å². The molecule has 0 aromatic carbocycles. The van der Waals surface area contributed by atoms with Crippen molar-refractivity contribution in [1.82, 2.24) is 25.2 Å². The number of nitrogens with one attached hydrogen (secondary N) is 3. The van der Waals surface area contributed by atoms with Gasteiger partial charge in [0.1, 0.15) is 0 Å². The zero-order valence-electron chi connectivity index (χ0n) is 12.6. The molecule has 9 heteroatoms. The fraction of sp³-hybridized carbons (Fsp3) is 0.636. The lowest BCUT2D eigenvalue weighted by Crippen LogP contribution is -2.37. The van der Waals surface area contributed by atoms with Crippen molar-refractivity contribution in [3.63, 3.8) is 0 Å². The lowest BCUT2D eigenvalue weighted by atomic mass is 10.6. The molecule has 0 aliphatic heterocycles. The Morgan fingerprint density at radius 3 is 2.25 bits per heavy atom. The smallest absolute Gasteiger partial charge is 0.316 e. The molecule has 3 N–H and O–H groups in total. The minimum atomic E-state index is -0.132. The van der Waals surface area contributed by atoms with Crippen molar-refractivity contribution in [2.24, 2.45) is 0 Å². The molecule has 0 saturated heterocycles. The van der Waals surface area contributed by atoms with Gasteiger partial charge in [0, 0.05) is 48.3 Å². The topological polar surface area (TPSA) is 98.3 Å². The third kappa shape index (κ3) is 4.75. The monoisotopic (exact) mass is 282 g/mol. The predicted octanol–water partition coefficient (Wildman–Crippen LogP) is -0.338. The van der Waals surface area contributed by atoms with Crippen LogP contribution in [0.5, 0.6) is 0 Å². The summed E-state index contributed by atoms with van der Waals surface area (Å²) >= 11 is 0. The van der Waals surface area contributed by atoms with Crippen LogP contribution in [0.4, 0.5) is 22.6 Å². The number of rotatable bonds is 6. The van der Waals surface area contributed by atoms with Gasteiger partial charge in [-0.2, -0.15) is 15.0 Å². The van der Waals surface area contributed by atoms with Crippen molar-refractivity contribution in [2.75, 3.05) is 63.9 Å². The summed E-state index contributed by atoms with van der Waals surface area (Å²) in [6.45, 7) is 1.01. The lowest BCUT2D eigenvalue weighted by molar-refractivity contribution is 0.218. The number of urea groups is 1. The van der Waals surface area contributed by atoms with E-state index in [0.29, 0.717) is 30.9 Å². The number of amides is 2. The zero-order chi connectivity index (χ0) is 15.1. The summed E-state index contributed by atoms with van der Waals surface area (Å²) in [5.41, 5.74) is 0. The summed E-state index contributed by atoms with van der Waals surface area (Å²) in [5, 5.41) is 8.67. The molecule has 0 spiro atoms. The molecule has 1 aromatic rings. The fourth-order valence-corrected chi connectivity index (χ4v) is 1.26. The Morgan fingerprint density at radius 2 is 1.70 bits per heavy atom. The molecule has 0 bridgehead atoms. The summed E-state index contributed by atoms with van der Waals surface area (Å²) in [6, 6.07) is -0.132. The van der Waals surface area contributed by atoms with Gasteiger partial charge in [-0.3, -0.25) is 0 Å². The SMILES string of the molecule is CNc1nc(NCCNC(=O)N(C)C)nc(N(C)C)n1. The number of carbonyl (C=O) groups is 1. The molecular formula is C11H22N8O. The van der Waals surface area contributed by atoms with Crippen LogP contribution in [0.15, 0.2) is 0 Å². The molecule has 1 rings (SSSR count). The van der Waals surface area contributed by atoms with Crippen LogP contribution in [0.2, 0.25) is 0 Å². The number of hydrogen-bond donors (Lipinski definition) is 3. The average molecular weight is 282 g/mol. The Balaban J connectivity index is 2.55. The highest BCUT2D eigenvalue weighted by Crippen LogP contribution is 2.10. The van der Waals surface area contributed by atoms with Crippen LogP contribution in [0.25, 0.3) is 0 Å². The normalized spacial score (nSPS) is 9.85. The quantitative estimate of drug-likeness (QED) is 0.614. The molecule has 0 aliphatic rings. The standard InChI is InChI=1S/C11H22N8O/c1-12-8-15-9(17-10(16-8)18(2)3)13-6-7-14-11(20)19(4)5/h6-7H2,1-5H3,(H,14,20)(H2,12,13,15,16,17). The average Bonchev–Trinajstić information content (AvgIpc) is 2.42. The third-order valence-electron chi connectivity index (χ3n) is 2.34. The van der Waals surface area contributed by atoms with Crippen molar-refractivity contribution < 1.29 is 4.79 Å². The molecule has 9 nitrogen and oxygen atoms in total. The minimum absolute atomic E-state index is 0.132. The maximum atomic E-state index is 11.3. The van der Waals surface area contributed by atoms with Gasteiger partial charge in [-0.25, -0.2) is 4.79 Å². The lowest BCUT2D eigenvalue weighted by Gasteiger charge is -2.14. The van der Waals surface area contributed by atoms with E-state index in [4.69, 9.17) is 0 Å². The van der Waals surface area contributed by atoms with Crippen LogP contribution >= 0.6 is 0 Å². The Kier molecular flexibility index (Phi) is 5.75. The van der Waals surface area contributed by atoms with Crippen LogP contribution in [0, 0.1) is 0 Å². The van der Waals surface area contributed by atoms with Crippen LogP contribution < -0.4 is 20.9 Å². The van der Waals surface area contributed by atoms with Gasteiger partial charge in [0.2, 0.25) is 17.8 Å². The predicted molar refractivity (Wildman–Crippen MR) is 79.3 cm³/mol. The van der Waals surface area contributed by atoms with E-state index in [1.807, 2.05) is 14.1 Å². The van der Waals surface area contributed by atoms with Crippen LogP contribution in [-0.2, 0) is 0 Å². The minimum Gasteiger partial charge on any atom is -0.357 e. The Hall–Kier alpha value is -2.32. The highest BCUT2D eigenvalue weighted by atomic mass is 16.2. The Bertz CT molecular complexity index is 448. The third-order valence-corrected chi connectivity index (χ3v) is 2.34. The van der Waals surface area contributed by atoms with Gasteiger partial charge in [-0.1, -0.05) is 0 Å². The van der Waals surface area contributed by atoms with Gasteiger partial charge in [0.15, 0.2) is 0 Å². The summed E-state index contributed by atoms with van der Waals surface area (Å²) < 4.78 is 0. The van der Waals surface area contributed by atoms with E-state index in [2.05, 4.69) is 30.9 Å². The van der Waals surface area contributed by atoms with Crippen LogP contribution in [0.3, 0.4) is 0 Å². The van der Waals surface area contributed by atoms with Gasteiger partial charge < -0.3 is 25.8 Å².